The first-order valence-corrected chi connectivity index (χ1v) is 11.1. The van der Waals surface area contributed by atoms with E-state index < -0.39 is 5.97 Å². The summed E-state index contributed by atoms with van der Waals surface area (Å²) in [7, 11) is 0. The fourth-order valence-corrected chi connectivity index (χ4v) is 4.39. The number of carbonyl (C=O) groups excluding carboxylic acids is 2. The highest BCUT2D eigenvalue weighted by atomic mass is 127. The molecule has 0 bridgehead atoms. The van der Waals surface area contributed by atoms with Crippen molar-refractivity contribution in [1.82, 2.24) is 4.98 Å². The fourth-order valence-electron chi connectivity index (χ4n) is 3.06. The highest BCUT2D eigenvalue weighted by molar-refractivity contribution is 14.1. The normalized spacial score (nSPS) is 10.7. The molecule has 0 fully saturated rings. The summed E-state index contributed by atoms with van der Waals surface area (Å²) >= 11 is 3.76. The molecule has 2 heterocycles. The van der Waals surface area contributed by atoms with E-state index in [1.165, 1.54) is 0 Å². The summed E-state index contributed by atoms with van der Waals surface area (Å²) < 4.78 is 6.41. The number of pyridine rings is 1. The number of esters is 1. The Bertz CT molecular complexity index is 1240. The number of halogens is 1. The molecule has 0 saturated heterocycles. The van der Waals surface area contributed by atoms with Gasteiger partial charge in [-0.25, -0.2) is 9.78 Å². The molecule has 0 unspecified atom stereocenters. The van der Waals surface area contributed by atoms with Crippen LogP contribution in [0.15, 0.2) is 66.0 Å². The number of thiophene rings is 1. The van der Waals surface area contributed by atoms with Crippen LogP contribution in [0.5, 0.6) is 0 Å². The second-order valence-corrected chi connectivity index (χ2v) is 8.83. The minimum Gasteiger partial charge on any atom is -0.452 e. The number of amides is 1. The van der Waals surface area contributed by atoms with E-state index in [2.05, 4.69) is 32.9 Å². The average molecular weight is 528 g/mol. The summed E-state index contributed by atoms with van der Waals surface area (Å²) in [5.74, 6) is -0.939. The Morgan fingerprint density at radius 3 is 2.70 bits per heavy atom. The molecule has 150 valence electrons. The molecule has 2 aromatic heterocycles. The number of hydrogen-bond acceptors (Lipinski definition) is 5. The van der Waals surface area contributed by atoms with Gasteiger partial charge < -0.3 is 10.1 Å². The summed E-state index contributed by atoms with van der Waals surface area (Å²) in [4.78, 5) is 30.7. The molecule has 30 heavy (non-hydrogen) atoms. The molecule has 7 heteroatoms. The van der Waals surface area contributed by atoms with Crippen LogP contribution in [0.1, 0.15) is 15.9 Å². The van der Waals surface area contributed by atoms with Gasteiger partial charge in [-0.15, -0.1) is 11.3 Å². The molecule has 0 aliphatic heterocycles. The van der Waals surface area contributed by atoms with Gasteiger partial charge in [0.05, 0.1) is 21.7 Å². The van der Waals surface area contributed by atoms with Gasteiger partial charge in [0.2, 0.25) is 0 Å². The first-order chi connectivity index (χ1) is 14.5. The van der Waals surface area contributed by atoms with Gasteiger partial charge in [-0.3, -0.25) is 4.79 Å². The van der Waals surface area contributed by atoms with E-state index in [1.807, 2.05) is 66.9 Å². The number of ether oxygens (including phenoxy) is 1. The Morgan fingerprint density at radius 2 is 1.93 bits per heavy atom. The second-order valence-electron chi connectivity index (χ2n) is 6.63. The fraction of sp³-hybridized carbons (Fsp3) is 0.0870. The lowest BCUT2D eigenvalue weighted by molar-refractivity contribution is -0.119. The van der Waals surface area contributed by atoms with Crippen LogP contribution in [-0.2, 0) is 9.53 Å². The lowest BCUT2D eigenvalue weighted by Crippen LogP contribution is -2.21. The lowest BCUT2D eigenvalue weighted by atomic mass is 10.1. The van der Waals surface area contributed by atoms with Gasteiger partial charge in [0.15, 0.2) is 6.61 Å². The summed E-state index contributed by atoms with van der Waals surface area (Å²) in [6.45, 7) is 1.55. The topological polar surface area (TPSA) is 68.3 Å². The van der Waals surface area contributed by atoms with Crippen molar-refractivity contribution in [2.75, 3.05) is 11.9 Å². The van der Waals surface area contributed by atoms with Crippen LogP contribution in [-0.4, -0.2) is 23.5 Å². The highest BCUT2D eigenvalue weighted by Crippen LogP contribution is 2.28. The van der Waals surface area contributed by atoms with Gasteiger partial charge in [-0.2, -0.15) is 0 Å². The van der Waals surface area contributed by atoms with Gasteiger partial charge in [0, 0.05) is 14.6 Å². The molecule has 0 saturated carbocycles. The minimum atomic E-state index is -0.555. The number of carbonyl (C=O) groups is 2. The molecule has 0 atom stereocenters. The number of aromatic nitrogens is 1. The largest absolute Gasteiger partial charge is 0.452 e. The zero-order valence-electron chi connectivity index (χ0n) is 16.0. The van der Waals surface area contributed by atoms with Crippen LogP contribution in [0, 0.1) is 10.5 Å². The van der Waals surface area contributed by atoms with Gasteiger partial charge in [-0.05, 0) is 76.9 Å². The molecule has 0 radical (unpaired) electrons. The van der Waals surface area contributed by atoms with Crippen LogP contribution < -0.4 is 5.32 Å². The van der Waals surface area contributed by atoms with Gasteiger partial charge in [0.25, 0.3) is 5.91 Å². The average Bonchev–Trinajstić information content (AvgIpc) is 3.28. The molecule has 2 aromatic carbocycles. The third-order valence-electron chi connectivity index (χ3n) is 4.51. The van der Waals surface area contributed by atoms with Crippen LogP contribution >= 0.6 is 33.9 Å². The van der Waals surface area contributed by atoms with E-state index in [9.17, 15) is 9.59 Å². The van der Waals surface area contributed by atoms with Gasteiger partial charge >= 0.3 is 5.97 Å². The van der Waals surface area contributed by atoms with Crippen molar-refractivity contribution in [3.8, 4) is 10.6 Å². The van der Waals surface area contributed by atoms with E-state index in [0.717, 1.165) is 14.0 Å². The molecule has 1 amide bonds. The van der Waals surface area contributed by atoms with Crippen molar-refractivity contribution < 1.29 is 14.3 Å². The number of nitrogens with zero attached hydrogens (tertiary/aromatic N) is 1. The number of fused-ring (bicyclic) bond motifs is 1. The van der Waals surface area contributed by atoms with Crippen LogP contribution in [0.25, 0.3) is 21.5 Å². The summed E-state index contributed by atoms with van der Waals surface area (Å²) in [6.07, 6.45) is 0. The number of benzene rings is 2. The van der Waals surface area contributed by atoms with E-state index in [4.69, 9.17) is 4.74 Å². The zero-order chi connectivity index (χ0) is 21.1. The summed E-state index contributed by atoms with van der Waals surface area (Å²) in [5, 5.41) is 5.44. The molecule has 4 rings (SSSR count). The van der Waals surface area contributed by atoms with Crippen molar-refractivity contribution in [2.45, 2.75) is 6.92 Å². The highest BCUT2D eigenvalue weighted by Gasteiger charge is 2.17. The molecular formula is C23H17IN2O3S. The number of hydrogen-bond donors (Lipinski definition) is 1. The zero-order valence-corrected chi connectivity index (χ0v) is 19.0. The predicted molar refractivity (Wildman–Crippen MR) is 128 cm³/mol. The third-order valence-corrected chi connectivity index (χ3v) is 6.07. The van der Waals surface area contributed by atoms with Crippen LogP contribution in [0.4, 0.5) is 5.69 Å². The van der Waals surface area contributed by atoms with Gasteiger partial charge in [0.1, 0.15) is 0 Å². The Kier molecular flexibility index (Phi) is 6.10. The molecule has 5 nitrogen and oxygen atoms in total. The number of aryl methyl sites for hydroxylation is 1. The monoisotopic (exact) mass is 528 g/mol. The van der Waals surface area contributed by atoms with Crippen LogP contribution in [0.2, 0.25) is 0 Å². The maximum atomic E-state index is 12.8. The summed E-state index contributed by atoms with van der Waals surface area (Å²) in [6, 6.07) is 18.7. The second kappa shape index (κ2) is 8.93. The maximum absolute atomic E-state index is 12.8. The molecular weight excluding hydrogens is 511 g/mol. The van der Waals surface area contributed by atoms with Gasteiger partial charge in [-0.1, -0.05) is 24.3 Å². The number of nitrogens with one attached hydrogen (secondary N) is 1. The van der Waals surface area contributed by atoms with Crippen LogP contribution in [0.3, 0.4) is 0 Å². The standard InChI is InChI=1S/C23H17IN2O3S/c1-14-11-15(24)8-9-18(14)26-22(27)13-29-23(28)17-12-20(21-7-4-10-30-21)25-19-6-3-2-5-16(17)19/h2-12H,13H2,1H3,(H,26,27). The minimum absolute atomic E-state index is 0.366. The predicted octanol–water partition coefficient (Wildman–Crippen LogP) is 5.67. The van der Waals surface area contributed by atoms with E-state index in [0.29, 0.717) is 27.8 Å². The number of para-hydroxylation sites is 1. The Labute approximate surface area is 191 Å². The quantitative estimate of drug-likeness (QED) is 0.268. The maximum Gasteiger partial charge on any atom is 0.339 e. The molecule has 0 spiro atoms. The van der Waals surface area contributed by atoms with Crippen molar-refractivity contribution in [3.05, 3.63) is 80.7 Å². The molecule has 1 N–H and O–H groups in total. The summed E-state index contributed by atoms with van der Waals surface area (Å²) in [5.41, 5.74) is 3.44. The Balaban J connectivity index is 1.53. The molecule has 0 aliphatic rings. The number of rotatable bonds is 5. The number of anilines is 1. The molecule has 0 aliphatic carbocycles. The van der Waals surface area contributed by atoms with Crippen molar-refractivity contribution in [2.24, 2.45) is 0 Å². The first-order valence-electron chi connectivity index (χ1n) is 9.18. The van der Waals surface area contributed by atoms with E-state index >= 15 is 0 Å². The first kappa shape index (κ1) is 20.5. The van der Waals surface area contributed by atoms with Crippen molar-refractivity contribution in [3.63, 3.8) is 0 Å². The Morgan fingerprint density at radius 1 is 1.10 bits per heavy atom. The third kappa shape index (κ3) is 4.52. The lowest BCUT2D eigenvalue weighted by Gasteiger charge is -2.11. The van der Waals surface area contributed by atoms with E-state index in [-0.39, 0.29) is 12.5 Å². The van der Waals surface area contributed by atoms with Crippen molar-refractivity contribution >= 4 is 62.4 Å². The smallest absolute Gasteiger partial charge is 0.339 e. The Hall–Kier alpha value is -2.78. The SMILES string of the molecule is Cc1cc(I)ccc1NC(=O)COC(=O)c1cc(-c2cccs2)nc2ccccc12. The molecule has 4 aromatic rings. The van der Waals surface area contributed by atoms with Crippen molar-refractivity contribution in [1.29, 1.82) is 0 Å². The van der Waals surface area contributed by atoms with E-state index in [1.54, 1.807) is 17.4 Å².